The Morgan fingerprint density at radius 1 is 1.16 bits per heavy atom. The molecule has 4 aliphatic carbocycles. The maximum absolute atomic E-state index is 12.2. The summed E-state index contributed by atoms with van der Waals surface area (Å²) in [5.74, 6) is 1.85. The van der Waals surface area contributed by atoms with Gasteiger partial charge in [0.25, 0.3) is 0 Å². The van der Waals surface area contributed by atoms with E-state index >= 15 is 0 Å². The molecule has 0 aromatic carbocycles. The van der Waals surface area contributed by atoms with Crippen LogP contribution in [0.5, 0.6) is 0 Å². The van der Waals surface area contributed by atoms with Crippen molar-refractivity contribution in [2.45, 2.75) is 64.7 Å². The number of carbonyl (C=O) groups excluding carboxylic acids is 1. The monoisotopic (exact) mass is 256 g/mol. The molecule has 102 valence electrons. The molecule has 0 aromatic rings. The highest BCUT2D eigenvalue weighted by atomic mass is 16.1. The summed E-state index contributed by atoms with van der Waals surface area (Å²) in [5.41, 5.74) is 5.22. The molecule has 0 aromatic heterocycles. The van der Waals surface area contributed by atoms with Crippen LogP contribution >= 0.6 is 0 Å². The number of rotatable bonds is 0. The van der Waals surface area contributed by atoms with Crippen LogP contribution in [-0.2, 0) is 4.79 Å². The molecular formula is C18H24O. The molecule has 3 atom stereocenters. The zero-order valence-electron chi connectivity index (χ0n) is 12.0. The van der Waals surface area contributed by atoms with Gasteiger partial charge >= 0.3 is 0 Å². The summed E-state index contributed by atoms with van der Waals surface area (Å²) in [6, 6.07) is 0. The van der Waals surface area contributed by atoms with Crippen LogP contribution in [0.25, 0.3) is 0 Å². The van der Waals surface area contributed by atoms with Crippen molar-refractivity contribution in [3.05, 3.63) is 22.8 Å². The van der Waals surface area contributed by atoms with E-state index in [1.54, 1.807) is 16.7 Å². The Morgan fingerprint density at radius 3 is 2.89 bits per heavy atom. The van der Waals surface area contributed by atoms with Crippen LogP contribution in [0.15, 0.2) is 22.8 Å². The number of fused-ring (bicyclic) bond motifs is 4. The standard InChI is InChI=1S/C18H24O/c1-18-11-10-14-13-5-3-2-4-12(13)6-7-15(14)16(18)8-9-17(18)19/h7,14,16H,2-6,8-11H2,1H3. The maximum Gasteiger partial charge on any atom is 0.139 e. The van der Waals surface area contributed by atoms with Gasteiger partial charge in [-0.2, -0.15) is 0 Å². The predicted molar refractivity (Wildman–Crippen MR) is 76.8 cm³/mol. The third-order valence-electron chi connectivity index (χ3n) is 6.46. The molecule has 0 bridgehead atoms. The van der Waals surface area contributed by atoms with E-state index in [1.807, 2.05) is 0 Å². The van der Waals surface area contributed by atoms with Gasteiger partial charge in [0.05, 0.1) is 0 Å². The predicted octanol–water partition coefficient (Wildman–Crippen LogP) is 4.58. The number of ketones is 1. The highest BCUT2D eigenvalue weighted by Gasteiger charge is 2.52. The molecule has 0 amide bonds. The summed E-state index contributed by atoms with van der Waals surface area (Å²) in [6.07, 6.45) is 13.5. The normalized spacial score (nSPS) is 41.5. The van der Waals surface area contributed by atoms with Crippen molar-refractivity contribution in [1.29, 1.82) is 0 Å². The smallest absolute Gasteiger partial charge is 0.139 e. The molecule has 0 N–H and O–H groups in total. The summed E-state index contributed by atoms with van der Waals surface area (Å²) >= 11 is 0. The van der Waals surface area contributed by atoms with Crippen LogP contribution < -0.4 is 0 Å². The van der Waals surface area contributed by atoms with Crippen LogP contribution in [0.2, 0.25) is 0 Å². The molecule has 3 unspecified atom stereocenters. The molecule has 19 heavy (non-hydrogen) atoms. The van der Waals surface area contributed by atoms with Crippen LogP contribution in [0.3, 0.4) is 0 Å². The summed E-state index contributed by atoms with van der Waals surface area (Å²) in [7, 11) is 0. The Morgan fingerprint density at radius 2 is 2.00 bits per heavy atom. The van der Waals surface area contributed by atoms with Crippen LogP contribution in [0.4, 0.5) is 0 Å². The van der Waals surface area contributed by atoms with Crippen molar-refractivity contribution in [3.63, 3.8) is 0 Å². The molecule has 4 aliphatic rings. The fourth-order valence-corrected chi connectivity index (χ4v) is 5.32. The van der Waals surface area contributed by atoms with E-state index in [9.17, 15) is 4.79 Å². The molecule has 1 nitrogen and oxygen atoms in total. The molecule has 0 heterocycles. The fraction of sp³-hybridized carbons (Fsp3) is 0.722. The Bertz CT molecular complexity index is 496. The highest BCUT2D eigenvalue weighted by molar-refractivity contribution is 5.88. The minimum absolute atomic E-state index is 0.00490. The zero-order valence-corrected chi connectivity index (χ0v) is 12.0. The van der Waals surface area contributed by atoms with E-state index in [0.717, 1.165) is 25.2 Å². The van der Waals surface area contributed by atoms with Gasteiger partial charge in [0, 0.05) is 17.8 Å². The quantitative estimate of drug-likeness (QED) is 0.580. The van der Waals surface area contributed by atoms with Gasteiger partial charge in [-0.25, -0.2) is 0 Å². The first-order valence-corrected chi connectivity index (χ1v) is 8.14. The van der Waals surface area contributed by atoms with Crippen LogP contribution in [0.1, 0.15) is 64.7 Å². The molecule has 2 saturated carbocycles. The molecule has 4 rings (SSSR count). The van der Waals surface area contributed by atoms with Gasteiger partial charge in [0.2, 0.25) is 0 Å². The highest BCUT2D eigenvalue weighted by Crippen LogP contribution is 2.58. The van der Waals surface area contributed by atoms with E-state index in [1.165, 1.54) is 38.5 Å². The Hall–Kier alpha value is -0.850. The second kappa shape index (κ2) is 4.07. The maximum atomic E-state index is 12.2. The van der Waals surface area contributed by atoms with Gasteiger partial charge in [-0.1, -0.05) is 29.7 Å². The van der Waals surface area contributed by atoms with Crippen molar-refractivity contribution < 1.29 is 4.79 Å². The molecule has 2 fully saturated rings. The number of carbonyl (C=O) groups is 1. The summed E-state index contributed by atoms with van der Waals surface area (Å²) in [6.45, 7) is 2.24. The lowest BCUT2D eigenvalue weighted by Crippen LogP contribution is -2.38. The van der Waals surface area contributed by atoms with Gasteiger partial charge in [-0.3, -0.25) is 4.79 Å². The number of hydrogen-bond acceptors (Lipinski definition) is 1. The Labute approximate surface area is 116 Å². The first-order chi connectivity index (χ1) is 9.20. The van der Waals surface area contributed by atoms with Gasteiger partial charge in [-0.05, 0) is 57.3 Å². The first-order valence-electron chi connectivity index (χ1n) is 8.14. The lowest BCUT2D eigenvalue weighted by atomic mass is 9.58. The summed E-state index contributed by atoms with van der Waals surface area (Å²) < 4.78 is 0. The average Bonchev–Trinajstić information content (AvgIpc) is 2.75. The van der Waals surface area contributed by atoms with E-state index in [2.05, 4.69) is 13.0 Å². The van der Waals surface area contributed by atoms with E-state index < -0.39 is 0 Å². The Kier molecular flexibility index (Phi) is 2.56. The van der Waals surface area contributed by atoms with Crippen molar-refractivity contribution in [3.8, 4) is 0 Å². The summed E-state index contributed by atoms with van der Waals surface area (Å²) in [4.78, 5) is 12.2. The lowest BCUT2D eigenvalue weighted by molar-refractivity contribution is -0.127. The average molecular weight is 256 g/mol. The van der Waals surface area contributed by atoms with Crippen LogP contribution in [0, 0.1) is 17.3 Å². The molecule has 0 aliphatic heterocycles. The SMILES string of the molecule is CC12CCC3C(=CCC4=C3CCCC4)C1CCC2=O. The van der Waals surface area contributed by atoms with E-state index in [-0.39, 0.29) is 5.41 Å². The number of hydrogen-bond donors (Lipinski definition) is 0. The van der Waals surface area contributed by atoms with E-state index in [0.29, 0.717) is 11.7 Å². The molecular weight excluding hydrogens is 232 g/mol. The third-order valence-corrected chi connectivity index (χ3v) is 6.46. The van der Waals surface area contributed by atoms with Gasteiger partial charge in [-0.15, -0.1) is 0 Å². The third kappa shape index (κ3) is 1.57. The van der Waals surface area contributed by atoms with Crippen molar-refractivity contribution in [2.75, 3.05) is 0 Å². The largest absolute Gasteiger partial charge is 0.299 e. The van der Waals surface area contributed by atoms with Crippen molar-refractivity contribution >= 4 is 5.78 Å². The number of allylic oxidation sites excluding steroid dienone is 4. The topological polar surface area (TPSA) is 17.1 Å². The fourth-order valence-electron chi connectivity index (χ4n) is 5.32. The van der Waals surface area contributed by atoms with Crippen molar-refractivity contribution in [1.82, 2.24) is 0 Å². The zero-order chi connectivity index (χ0) is 13.0. The van der Waals surface area contributed by atoms with Crippen LogP contribution in [-0.4, -0.2) is 5.78 Å². The molecule has 1 heteroatoms. The lowest BCUT2D eigenvalue weighted by Gasteiger charge is -2.45. The minimum Gasteiger partial charge on any atom is -0.299 e. The molecule has 0 radical (unpaired) electrons. The second-order valence-corrected chi connectivity index (χ2v) is 7.27. The Balaban J connectivity index is 1.71. The second-order valence-electron chi connectivity index (χ2n) is 7.27. The van der Waals surface area contributed by atoms with E-state index in [4.69, 9.17) is 0 Å². The van der Waals surface area contributed by atoms with Gasteiger partial charge in [0.1, 0.15) is 5.78 Å². The van der Waals surface area contributed by atoms with Gasteiger partial charge in [0.15, 0.2) is 0 Å². The number of Topliss-reactive ketones (excluding diaryl/α,β-unsaturated/α-hetero) is 1. The van der Waals surface area contributed by atoms with Gasteiger partial charge < -0.3 is 0 Å². The first kappa shape index (κ1) is 11.9. The molecule has 0 spiro atoms. The molecule has 0 saturated heterocycles. The minimum atomic E-state index is -0.00490. The summed E-state index contributed by atoms with van der Waals surface area (Å²) in [5, 5.41) is 0. The van der Waals surface area contributed by atoms with Crippen molar-refractivity contribution in [2.24, 2.45) is 17.3 Å².